The van der Waals surface area contributed by atoms with Gasteiger partial charge in [0.05, 0.1) is 48.5 Å². The smallest absolute Gasteiger partial charge is 0.407 e. The number of benzene rings is 2. The molecule has 3 aromatic heterocycles. The zero-order valence-electron chi connectivity index (χ0n) is 31.1. The van der Waals surface area contributed by atoms with Gasteiger partial charge in [-0.15, -0.1) is 0 Å². The molecule has 7 rings (SSSR count). The number of carbonyl (C=O) groups excluding carboxylic acids is 3. The molecule has 0 aliphatic carbocycles. The molecule has 0 bridgehead atoms. The summed E-state index contributed by atoms with van der Waals surface area (Å²) < 4.78 is 4.78. The molecule has 53 heavy (non-hydrogen) atoms. The van der Waals surface area contributed by atoms with Crippen LogP contribution in [0, 0.1) is 11.8 Å². The molecule has 2 aliphatic heterocycles. The monoisotopic (exact) mass is 716 g/mol. The number of methoxy groups -OCH3 is 1. The fourth-order valence-corrected chi connectivity index (χ4v) is 7.77. The maximum absolute atomic E-state index is 13.7. The molecule has 2 aromatic carbocycles. The predicted molar refractivity (Wildman–Crippen MR) is 203 cm³/mol. The van der Waals surface area contributed by atoms with Gasteiger partial charge in [-0.2, -0.15) is 0 Å². The Kier molecular flexibility index (Phi) is 10.3. The maximum Gasteiger partial charge on any atom is 0.407 e. The molecule has 2 saturated heterocycles. The van der Waals surface area contributed by atoms with Gasteiger partial charge in [0.2, 0.25) is 11.8 Å². The summed E-state index contributed by atoms with van der Waals surface area (Å²) >= 11 is 0. The number of nitrogens with zero attached hydrogens (tertiary/aromatic N) is 5. The number of aromatic amines is 2. The Morgan fingerprint density at radius 3 is 2.11 bits per heavy atom. The number of aromatic nitrogens is 5. The minimum absolute atomic E-state index is 0.0108. The van der Waals surface area contributed by atoms with Gasteiger partial charge in [0.25, 0.3) is 0 Å². The van der Waals surface area contributed by atoms with Gasteiger partial charge < -0.3 is 29.8 Å². The van der Waals surface area contributed by atoms with Crippen molar-refractivity contribution < 1.29 is 19.1 Å². The zero-order valence-corrected chi connectivity index (χ0v) is 31.1. The Morgan fingerprint density at radius 2 is 1.43 bits per heavy atom. The van der Waals surface area contributed by atoms with Crippen molar-refractivity contribution in [2.45, 2.75) is 77.9 Å². The van der Waals surface area contributed by atoms with Crippen LogP contribution in [0.4, 0.5) is 4.79 Å². The van der Waals surface area contributed by atoms with Crippen LogP contribution in [-0.4, -0.2) is 78.9 Å². The van der Waals surface area contributed by atoms with E-state index < -0.39 is 12.1 Å². The molecule has 5 aromatic rings. The Balaban J connectivity index is 1.11. The van der Waals surface area contributed by atoms with Gasteiger partial charge in [-0.25, -0.2) is 14.8 Å². The van der Waals surface area contributed by atoms with Crippen molar-refractivity contribution in [1.82, 2.24) is 40.0 Å². The molecule has 2 aliphatic rings. The highest BCUT2D eigenvalue weighted by atomic mass is 16.5. The molecule has 0 radical (unpaired) electrons. The average Bonchev–Trinajstić information content (AvgIpc) is 3.99. The number of amides is 3. The van der Waals surface area contributed by atoms with E-state index in [9.17, 15) is 14.4 Å². The number of alkyl carbamates (subject to hydrolysis) is 1. The highest BCUT2D eigenvalue weighted by Crippen LogP contribution is 2.38. The number of pyridine rings is 1. The lowest BCUT2D eigenvalue weighted by Gasteiger charge is -2.30. The third-order valence-electron chi connectivity index (χ3n) is 10.5. The normalized spacial score (nSPS) is 17.9. The molecular formula is C41H48N8O4. The number of fused-ring (bicyclic) bond motifs is 1. The molecular weight excluding hydrogens is 669 g/mol. The molecule has 12 nitrogen and oxygen atoms in total. The van der Waals surface area contributed by atoms with E-state index in [0.717, 1.165) is 82.6 Å². The number of carbonyl (C=O) groups is 3. The topological polar surface area (TPSA) is 149 Å². The van der Waals surface area contributed by atoms with Gasteiger partial charge in [-0.1, -0.05) is 70.2 Å². The largest absolute Gasteiger partial charge is 0.453 e. The summed E-state index contributed by atoms with van der Waals surface area (Å²) in [6.07, 6.45) is 8.94. The molecule has 5 heterocycles. The van der Waals surface area contributed by atoms with Gasteiger partial charge in [0, 0.05) is 42.2 Å². The van der Waals surface area contributed by atoms with E-state index in [2.05, 4.69) is 71.6 Å². The summed E-state index contributed by atoms with van der Waals surface area (Å²) in [7, 11) is 1.30. The van der Waals surface area contributed by atoms with Gasteiger partial charge in [0.15, 0.2) is 0 Å². The second-order valence-corrected chi connectivity index (χ2v) is 14.9. The van der Waals surface area contributed by atoms with Crippen molar-refractivity contribution >= 4 is 28.8 Å². The maximum atomic E-state index is 13.7. The van der Waals surface area contributed by atoms with Crippen molar-refractivity contribution in [2.24, 2.45) is 11.8 Å². The number of hydrogen-bond acceptors (Lipinski definition) is 7. The first-order valence-corrected chi connectivity index (χ1v) is 18.7. The van der Waals surface area contributed by atoms with E-state index in [-0.39, 0.29) is 29.8 Å². The van der Waals surface area contributed by atoms with E-state index in [4.69, 9.17) is 19.7 Å². The molecule has 0 saturated carbocycles. The first-order valence-electron chi connectivity index (χ1n) is 18.7. The number of imidazole rings is 2. The number of H-pyrrole nitrogens is 2. The highest BCUT2D eigenvalue weighted by molar-refractivity contribution is 6.02. The van der Waals surface area contributed by atoms with Crippen LogP contribution in [0.3, 0.4) is 0 Å². The predicted octanol–water partition coefficient (Wildman–Crippen LogP) is 7.44. The Morgan fingerprint density at radius 1 is 0.811 bits per heavy atom. The van der Waals surface area contributed by atoms with Gasteiger partial charge in [-0.05, 0) is 54.7 Å². The second-order valence-electron chi connectivity index (χ2n) is 14.9. The quantitative estimate of drug-likeness (QED) is 0.136. The average molecular weight is 717 g/mol. The van der Waals surface area contributed by atoms with E-state index in [1.54, 1.807) is 0 Å². The van der Waals surface area contributed by atoms with Gasteiger partial charge >= 0.3 is 6.09 Å². The van der Waals surface area contributed by atoms with Crippen molar-refractivity contribution in [2.75, 3.05) is 20.2 Å². The number of likely N-dealkylation sites (tertiary alicyclic amines) is 2. The lowest BCUT2D eigenvalue weighted by molar-refractivity contribution is -0.135. The minimum atomic E-state index is -0.694. The van der Waals surface area contributed by atoms with Crippen LogP contribution in [0.15, 0.2) is 67.1 Å². The molecule has 3 atom stereocenters. The third kappa shape index (κ3) is 7.27. The minimum Gasteiger partial charge on any atom is -0.453 e. The Labute approximate surface area is 309 Å². The van der Waals surface area contributed by atoms with Gasteiger partial charge in [0.1, 0.15) is 17.7 Å². The van der Waals surface area contributed by atoms with Crippen molar-refractivity contribution in [3.63, 3.8) is 0 Å². The van der Waals surface area contributed by atoms with E-state index in [1.165, 1.54) is 7.11 Å². The summed E-state index contributed by atoms with van der Waals surface area (Å²) in [5, 5.41) is 3.69. The van der Waals surface area contributed by atoms with E-state index >= 15 is 0 Å². The molecule has 3 N–H and O–H groups in total. The molecule has 3 unspecified atom stereocenters. The Bertz CT molecular complexity index is 2100. The van der Waals surface area contributed by atoms with Crippen LogP contribution < -0.4 is 5.32 Å². The first-order chi connectivity index (χ1) is 25.6. The lowest BCUT2D eigenvalue weighted by atomic mass is 9.96. The number of nitrogens with one attached hydrogen (secondary N) is 3. The molecule has 3 amide bonds. The van der Waals surface area contributed by atoms with E-state index in [1.807, 2.05) is 48.3 Å². The van der Waals surface area contributed by atoms with Gasteiger partial charge in [-0.3, -0.25) is 14.6 Å². The van der Waals surface area contributed by atoms with Crippen LogP contribution >= 0.6 is 0 Å². The summed E-state index contributed by atoms with van der Waals surface area (Å²) in [5.41, 5.74) is 6.67. The second kappa shape index (κ2) is 15.2. The molecule has 0 spiro atoms. The zero-order chi connectivity index (χ0) is 37.2. The molecule has 12 heteroatoms. The van der Waals surface area contributed by atoms with Crippen LogP contribution in [0.25, 0.3) is 44.5 Å². The number of hydrogen-bond donors (Lipinski definition) is 3. The molecule has 2 fully saturated rings. The van der Waals surface area contributed by atoms with Crippen molar-refractivity contribution in [3.8, 4) is 33.6 Å². The standard InChI is InChI=1S/C41H48N8O4/c1-24(2)21-35(50)48-19-7-10-33(48)38-43-22-31(45-38)27-14-12-26(13-15-27)28-16-17-29(30-9-6-18-42-37(28)30)32-23-44-39(46-32)34-11-8-20-49(34)40(51)36(25(3)4)47-41(52)53-5/h6,9,12-18,22-25,33-34,36H,7-8,10-11,19-21H2,1-5H3,(H,43,45)(H,44,46)(H,47,52). The van der Waals surface area contributed by atoms with E-state index in [0.29, 0.717) is 24.7 Å². The lowest BCUT2D eigenvalue weighted by Crippen LogP contribution is -2.51. The van der Waals surface area contributed by atoms with Crippen molar-refractivity contribution in [3.05, 3.63) is 78.8 Å². The third-order valence-corrected chi connectivity index (χ3v) is 10.5. The number of rotatable bonds is 10. The summed E-state index contributed by atoms with van der Waals surface area (Å²) in [6, 6.07) is 15.6. The van der Waals surface area contributed by atoms with Crippen LogP contribution in [0.2, 0.25) is 0 Å². The fraction of sp³-hybridized carbons (Fsp3) is 0.415. The Hall–Kier alpha value is -5.52. The first kappa shape index (κ1) is 35.9. The SMILES string of the molecule is COC(=O)NC(C(=O)N1CCCC1c1ncc(-c2ccc(-c3ccc(-c4cnc(C5CCCN5C(=O)CC(C)C)[nH]4)cc3)c3ncccc23)[nH]1)C(C)C. The number of ether oxygens (including phenoxy) is 1. The van der Waals surface area contributed by atoms with Crippen LogP contribution in [0.1, 0.15) is 83.5 Å². The summed E-state index contributed by atoms with van der Waals surface area (Å²) in [4.78, 5) is 63.7. The molecule has 276 valence electrons. The summed E-state index contributed by atoms with van der Waals surface area (Å²) in [5.74, 6) is 1.83. The fourth-order valence-electron chi connectivity index (χ4n) is 7.77. The highest BCUT2D eigenvalue weighted by Gasteiger charge is 2.37. The van der Waals surface area contributed by atoms with Crippen molar-refractivity contribution in [1.29, 1.82) is 0 Å². The van der Waals surface area contributed by atoms with Crippen LogP contribution in [0.5, 0.6) is 0 Å². The summed E-state index contributed by atoms with van der Waals surface area (Å²) in [6.45, 7) is 9.34. The van der Waals surface area contributed by atoms with Crippen LogP contribution in [-0.2, 0) is 14.3 Å².